The molecule has 0 atom stereocenters. The maximum atomic E-state index is 5.71. The minimum atomic E-state index is 0.529. The number of hydrogen-bond donors (Lipinski definition) is 3. The topological polar surface area (TPSA) is 110 Å². The molecule has 0 spiro atoms. The summed E-state index contributed by atoms with van der Waals surface area (Å²) in [5.74, 6) is 2.03. The van der Waals surface area contributed by atoms with Crippen LogP contribution < -0.4 is 11.1 Å². The molecule has 8 heteroatoms. The summed E-state index contributed by atoms with van der Waals surface area (Å²) in [7, 11) is 0. The van der Waals surface area contributed by atoms with Crippen LogP contribution in [0.3, 0.4) is 0 Å². The normalized spacial score (nSPS) is 10.9. The first-order valence-electron chi connectivity index (χ1n) is 5.43. The van der Waals surface area contributed by atoms with Gasteiger partial charge in [0.15, 0.2) is 5.82 Å². The fraction of sp³-hybridized carbons (Fsp3) is 0.200. The lowest BCUT2D eigenvalue weighted by molar-refractivity contribution is 1.000. The van der Waals surface area contributed by atoms with E-state index in [0.29, 0.717) is 23.8 Å². The van der Waals surface area contributed by atoms with Crippen LogP contribution in [0.15, 0.2) is 18.6 Å². The minimum Gasteiger partial charge on any atom is -0.384 e. The maximum Gasteiger partial charge on any atom is 0.203 e. The largest absolute Gasteiger partial charge is 0.384 e. The summed E-state index contributed by atoms with van der Waals surface area (Å²) in [5, 5.41) is 17.8. The highest BCUT2D eigenvalue weighted by atomic mass is 15.3. The summed E-state index contributed by atoms with van der Waals surface area (Å²) < 4.78 is 1.87. The number of fused-ring (bicyclic) bond motifs is 1. The van der Waals surface area contributed by atoms with Gasteiger partial charge in [-0.2, -0.15) is 5.10 Å². The monoisotopic (exact) mass is 244 g/mol. The van der Waals surface area contributed by atoms with E-state index in [0.717, 1.165) is 11.4 Å². The summed E-state index contributed by atoms with van der Waals surface area (Å²) >= 11 is 0. The van der Waals surface area contributed by atoms with Gasteiger partial charge in [0.25, 0.3) is 0 Å². The summed E-state index contributed by atoms with van der Waals surface area (Å²) in [6.45, 7) is 2.42. The summed E-state index contributed by atoms with van der Waals surface area (Å²) in [6.07, 6.45) is 5.20. The first-order chi connectivity index (χ1) is 8.75. The van der Waals surface area contributed by atoms with E-state index in [-0.39, 0.29) is 0 Å². The molecule has 92 valence electrons. The second kappa shape index (κ2) is 3.99. The number of nitrogens with one attached hydrogen (secondary N) is 2. The second-order valence-corrected chi connectivity index (χ2v) is 3.88. The van der Waals surface area contributed by atoms with Crippen molar-refractivity contribution in [3.05, 3.63) is 30.0 Å². The third-order valence-electron chi connectivity index (χ3n) is 2.70. The van der Waals surface area contributed by atoms with E-state index in [1.807, 2.05) is 17.5 Å². The number of nitrogen functional groups attached to an aromatic ring is 1. The highest BCUT2D eigenvalue weighted by Crippen LogP contribution is 2.14. The van der Waals surface area contributed by atoms with E-state index in [1.165, 1.54) is 0 Å². The molecule has 0 unspecified atom stereocenters. The maximum absolute atomic E-state index is 5.71. The van der Waals surface area contributed by atoms with Crippen LogP contribution in [-0.2, 0) is 6.54 Å². The first-order valence-corrected chi connectivity index (χ1v) is 5.43. The van der Waals surface area contributed by atoms with Gasteiger partial charge in [0.2, 0.25) is 5.65 Å². The van der Waals surface area contributed by atoms with Gasteiger partial charge in [-0.3, -0.25) is 9.50 Å². The average Bonchev–Trinajstić information content (AvgIpc) is 2.95. The van der Waals surface area contributed by atoms with Crippen LogP contribution in [0.4, 0.5) is 11.6 Å². The third-order valence-corrected chi connectivity index (χ3v) is 2.70. The van der Waals surface area contributed by atoms with Gasteiger partial charge in [0.05, 0.1) is 6.20 Å². The van der Waals surface area contributed by atoms with E-state index in [2.05, 4.69) is 30.7 Å². The first kappa shape index (κ1) is 10.5. The summed E-state index contributed by atoms with van der Waals surface area (Å²) in [6, 6.07) is 0. The van der Waals surface area contributed by atoms with Crippen molar-refractivity contribution in [3.8, 4) is 0 Å². The Hall–Kier alpha value is -2.64. The number of H-pyrrole nitrogens is 1. The van der Waals surface area contributed by atoms with Crippen molar-refractivity contribution in [1.29, 1.82) is 0 Å². The van der Waals surface area contributed by atoms with Crippen LogP contribution in [0.5, 0.6) is 0 Å². The van der Waals surface area contributed by atoms with Crippen molar-refractivity contribution in [2.24, 2.45) is 0 Å². The molecule has 0 radical (unpaired) electrons. The number of aromatic amines is 1. The Kier molecular flexibility index (Phi) is 2.33. The van der Waals surface area contributed by atoms with Crippen molar-refractivity contribution in [1.82, 2.24) is 29.8 Å². The van der Waals surface area contributed by atoms with Gasteiger partial charge in [0, 0.05) is 24.5 Å². The molecule has 0 saturated carbocycles. The van der Waals surface area contributed by atoms with Gasteiger partial charge in [-0.05, 0) is 6.92 Å². The Morgan fingerprint density at radius 2 is 2.33 bits per heavy atom. The number of aromatic nitrogens is 6. The molecule has 0 aliphatic carbocycles. The van der Waals surface area contributed by atoms with Crippen LogP contribution in [0.2, 0.25) is 0 Å². The lowest BCUT2D eigenvalue weighted by Crippen LogP contribution is -2.05. The van der Waals surface area contributed by atoms with Crippen molar-refractivity contribution in [2.75, 3.05) is 11.1 Å². The molecule has 0 aromatic carbocycles. The van der Waals surface area contributed by atoms with E-state index >= 15 is 0 Å². The lowest BCUT2D eigenvalue weighted by Gasteiger charge is -2.05. The zero-order valence-electron chi connectivity index (χ0n) is 9.75. The van der Waals surface area contributed by atoms with Crippen LogP contribution in [-0.4, -0.2) is 29.8 Å². The third kappa shape index (κ3) is 1.63. The van der Waals surface area contributed by atoms with Gasteiger partial charge in [-0.25, -0.2) is 4.98 Å². The zero-order chi connectivity index (χ0) is 12.5. The fourth-order valence-corrected chi connectivity index (χ4v) is 1.71. The SMILES string of the molecule is Cc1nnc2c(NCc3cn[nH]c3N)nccn12. The molecule has 0 amide bonds. The molecular formula is C10H12N8. The van der Waals surface area contributed by atoms with Crippen LogP contribution in [0.25, 0.3) is 5.65 Å². The van der Waals surface area contributed by atoms with Crippen LogP contribution in [0.1, 0.15) is 11.4 Å². The van der Waals surface area contributed by atoms with E-state index in [1.54, 1.807) is 12.4 Å². The molecule has 0 bridgehead atoms. The molecule has 3 rings (SSSR count). The number of rotatable bonds is 3. The number of aryl methyl sites for hydroxylation is 1. The predicted octanol–water partition coefficient (Wildman–Crippen LogP) is 0.350. The van der Waals surface area contributed by atoms with Crippen LogP contribution >= 0.6 is 0 Å². The molecule has 0 aliphatic heterocycles. The van der Waals surface area contributed by atoms with Crippen molar-refractivity contribution >= 4 is 17.3 Å². The Balaban J connectivity index is 1.89. The zero-order valence-corrected chi connectivity index (χ0v) is 9.75. The highest BCUT2D eigenvalue weighted by Gasteiger charge is 2.08. The highest BCUT2D eigenvalue weighted by molar-refractivity contribution is 5.62. The Morgan fingerprint density at radius 1 is 1.44 bits per heavy atom. The molecule has 3 aromatic heterocycles. The minimum absolute atomic E-state index is 0.529. The Labute approximate surface area is 102 Å². The molecule has 4 N–H and O–H groups in total. The number of nitrogens with two attached hydrogens (primary N) is 1. The fourth-order valence-electron chi connectivity index (χ4n) is 1.71. The standard InChI is InChI=1S/C10H12N8/c1-6-15-17-10-9(12-2-3-18(6)10)13-4-7-5-14-16-8(7)11/h2-3,5H,4H2,1H3,(H,12,13)(H3,11,14,16). The van der Waals surface area contributed by atoms with Gasteiger partial charge in [0.1, 0.15) is 11.6 Å². The number of anilines is 2. The van der Waals surface area contributed by atoms with Crippen molar-refractivity contribution in [3.63, 3.8) is 0 Å². The molecule has 8 nitrogen and oxygen atoms in total. The summed E-state index contributed by atoms with van der Waals surface area (Å²) in [4.78, 5) is 4.24. The smallest absolute Gasteiger partial charge is 0.203 e. The molecule has 0 aliphatic rings. The van der Waals surface area contributed by atoms with Gasteiger partial charge < -0.3 is 11.1 Å². The number of nitrogens with zero attached hydrogens (tertiary/aromatic N) is 5. The van der Waals surface area contributed by atoms with Crippen molar-refractivity contribution in [2.45, 2.75) is 13.5 Å². The molecule has 3 aromatic rings. The quantitative estimate of drug-likeness (QED) is 0.613. The van der Waals surface area contributed by atoms with Crippen LogP contribution in [0, 0.1) is 6.92 Å². The predicted molar refractivity (Wildman–Crippen MR) is 65.8 cm³/mol. The summed E-state index contributed by atoms with van der Waals surface area (Å²) in [5.41, 5.74) is 7.29. The Morgan fingerprint density at radius 3 is 3.11 bits per heavy atom. The lowest BCUT2D eigenvalue weighted by atomic mass is 10.3. The van der Waals surface area contributed by atoms with E-state index in [4.69, 9.17) is 5.73 Å². The Bertz CT molecular complexity index is 682. The molecule has 3 heterocycles. The van der Waals surface area contributed by atoms with Gasteiger partial charge in [-0.1, -0.05) is 0 Å². The second-order valence-electron chi connectivity index (χ2n) is 3.88. The van der Waals surface area contributed by atoms with Crippen molar-refractivity contribution < 1.29 is 0 Å². The molecular weight excluding hydrogens is 232 g/mol. The molecule has 0 fully saturated rings. The number of hydrogen-bond acceptors (Lipinski definition) is 6. The van der Waals surface area contributed by atoms with Gasteiger partial charge in [-0.15, -0.1) is 10.2 Å². The van der Waals surface area contributed by atoms with E-state index in [9.17, 15) is 0 Å². The van der Waals surface area contributed by atoms with Gasteiger partial charge >= 0.3 is 0 Å². The molecule has 0 saturated heterocycles. The van der Waals surface area contributed by atoms with E-state index < -0.39 is 0 Å². The molecule has 18 heavy (non-hydrogen) atoms. The average molecular weight is 244 g/mol.